The van der Waals surface area contributed by atoms with Crippen LogP contribution in [-0.4, -0.2) is 112 Å². The molecule has 15 heteroatoms. The molecule has 3 aromatic rings. The fourth-order valence-electron chi connectivity index (χ4n) is 7.17. The molecule has 57 heavy (non-hydrogen) atoms. The van der Waals surface area contributed by atoms with Gasteiger partial charge in [-0.15, -0.1) is 0 Å². The predicted octanol–water partition coefficient (Wildman–Crippen LogP) is 6.54. The van der Waals surface area contributed by atoms with Crippen molar-refractivity contribution in [3.63, 3.8) is 0 Å². The zero-order valence-electron chi connectivity index (χ0n) is 33.8. The van der Waals surface area contributed by atoms with Gasteiger partial charge in [-0.2, -0.15) is 5.26 Å². The summed E-state index contributed by atoms with van der Waals surface area (Å²) >= 11 is 5.71. The summed E-state index contributed by atoms with van der Waals surface area (Å²) in [4.78, 5) is 14.2. The Balaban J connectivity index is 1.64. The minimum absolute atomic E-state index is 0.0238. The molecule has 308 valence electrons. The maximum atomic E-state index is 12.4. The number of benzene rings is 3. The number of ether oxygens (including phenoxy) is 6. The van der Waals surface area contributed by atoms with Crippen molar-refractivity contribution in [1.82, 2.24) is 14.9 Å². The van der Waals surface area contributed by atoms with Gasteiger partial charge in [-0.1, -0.05) is 54.6 Å². The molecule has 1 unspecified atom stereocenters. The van der Waals surface area contributed by atoms with Crippen molar-refractivity contribution >= 4 is 31.8 Å². The van der Waals surface area contributed by atoms with Crippen LogP contribution in [0.2, 0.25) is 0 Å². The first kappa shape index (κ1) is 44.4. The van der Waals surface area contributed by atoms with Crippen LogP contribution in [0.25, 0.3) is 0 Å². The number of rotatable bonds is 21. The number of methoxy groups -OCH3 is 3. The first-order chi connectivity index (χ1) is 27.6. The summed E-state index contributed by atoms with van der Waals surface area (Å²) in [5.41, 5.74) is 1.44. The fraction of sp³-hybridized carbons (Fsp3) is 0.500. The van der Waals surface area contributed by atoms with Gasteiger partial charge in [0.05, 0.1) is 53.1 Å². The van der Waals surface area contributed by atoms with Crippen molar-refractivity contribution < 1.29 is 42.3 Å². The number of carbonyl (C=O) groups is 1. The third-order valence-electron chi connectivity index (χ3n) is 9.79. The molecule has 0 saturated carbocycles. The third kappa shape index (κ3) is 10.7. The standard InChI is InChI=1S/C42H55N4O9PS/c1-29(2)46(30(3)4)56(53-25-11-23-43)55-38-36(54-40(39(38)51-27-26-48-5)45-24-22-37(47)44-41(45)57)28-52-42(31-12-9-8-10-13-31,32-14-18-34(49-6)19-15-32)33-16-20-35(50-7)21-17-33/h8-10,12-21,29-30,36,38-40H,11,22,24-28H2,1-7H3,(H,44,47,57)/t36-,38-,39-,40-,56?/m1/s1. The number of hydrogen-bond acceptors (Lipinski definition) is 12. The number of nitrogens with zero attached hydrogens (tertiary/aromatic N) is 3. The quantitative estimate of drug-likeness (QED) is 0.0541. The molecule has 5 atom stereocenters. The van der Waals surface area contributed by atoms with E-state index in [2.05, 4.69) is 43.8 Å². The Kier molecular flexibility index (Phi) is 16.6. The average Bonchev–Trinajstić information content (AvgIpc) is 3.54. The van der Waals surface area contributed by atoms with Crippen molar-refractivity contribution in [3.05, 3.63) is 95.6 Å². The van der Waals surface area contributed by atoms with Gasteiger partial charge in [0.15, 0.2) is 11.3 Å². The summed E-state index contributed by atoms with van der Waals surface area (Å²) in [6, 6.07) is 27.9. The summed E-state index contributed by atoms with van der Waals surface area (Å²) in [5.74, 6) is 1.25. The van der Waals surface area contributed by atoms with Gasteiger partial charge in [0.25, 0.3) is 8.53 Å². The van der Waals surface area contributed by atoms with Gasteiger partial charge in [-0.05, 0) is 80.9 Å². The van der Waals surface area contributed by atoms with Gasteiger partial charge in [-0.3, -0.25) is 4.79 Å². The molecule has 2 heterocycles. The second-order valence-corrected chi connectivity index (χ2v) is 15.9. The van der Waals surface area contributed by atoms with E-state index in [4.69, 9.17) is 49.7 Å². The normalized spacial score (nSPS) is 20.5. The molecule has 0 aliphatic carbocycles. The van der Waals surface area contributed by atoms with Gasteiger partial charge in [0.1, 0.15) is 35.4 Å². The lowest BCUT2D eigenvalue weighted by Crippen LogP contribution is -2.57. The van der Waals surface area contributed by atoms with Crippen molar-refractivity contribution in [1.29, 1.82) is 5.26 Å². The van der Waals surface area contributed by atoms with E-state index < -0.39 is 38.7 Å². The van der Waals surface area contributed by atoms with Crippen LogP contribution in [-0.2, 0) is 38.4 Å². The molecule has 3 aromatic carbocycles. The zero-order chi connectivity index (χ0) is 41.0. The molecule has 0 aromatic heterocycles. The lowest BCUT2D eigenvalue weighted by Gasteiger charge is -2.39. The maximum Gasteiger partial charge on any atom is 0.259 e. The number of amides is 1. The highest BCUT2D eigenvalue weighted by atomic mass is 32.1. The van der Waals surface area contributed by atoms with Crippen LogP contribution < -0.4 is 14.8 Å². The Morgan fingerprint density at radius 3 is 2.02 bits per heavy atom. The largest absolute Gasteiger partial charge is 0.497 e. The Bertz CT molecular complexity index is 1710. The lowest BCUT2D eigenvalue weighted by molar-refractivity contribution is -0.127. The average molecular weight is 823 g/mol. The van der Waals surface area contributed by atoms with Crippen LogP contribution in [0.3, 0.4) is 0 Å². The number of thiocarbonyl (C=S) groups is 1. The van der Waals surface area contributed by atoms with Gasteiger partial charge in [0.2, 0.25) is 5.91 Å². The summed E-state index contributed by atoms with van der Waals surface area (Å²) in [7, 11) is 3.13. The summed E-state index contributed by atoms with van der Waals surface area (Å²) in [6.45, 7) is 9.42. The topological polar surface area (TPSA) is 133 Å². The van der Waals surface area contributed by atoms with Crippen LogP contribution >= 0.6 is 20.7 Å². The van der Waals surface area contributed by atoms with E-state index in [1.807, 2.05) is 83.8 Å². The first-order valence-electron chi connectivity index (χ1n) is 19.2. The second kappa shape index (κ2) is 21.3. The molecule has 2 aliphatic rings. The van der Waals surface area contributed by atoms with Crippen molar-refractivity contribution in [2.24, 2.45) is 0 Å². The lowest BCUT2D eigenvalue weighted by atomic mass is 9.80. The van der Waals surface area contributed by atoms with Gasteiger partial charge in [0, 0.05) is 32.2 Å². The second-order valence-electron chi connectivity index (χ2n) is 14.1. The van der Waals surface area contributed by atoms with Crippen LogP contribution in [0.5, 0.6) is 11.5 Å². The van der Waals surface area contributed by atoms with E-state index in [1.165, 1.54) is 0 Å². The Morgan fingerprint density at radius 1 is 0.895 bits per heavy atom. The summed E-state index contributed by atoms with van der Waals surface area (Å²) in [5, 5.41) is 12.5. The molecule has 2 saturated heterocycles. The number of nitriles is 1. The van der Waals surface area contributed by atoms with E-state index >= 15 is 0 Å². The molecule has 0 spiro atoms. The molecule has 2 aliphatic heterocycles. The number of nitrogens with one attached hydrogen (secondary N) is 1. The first-order valence-corrected chi connectivity index (χ1v) is 20.7. The van der Waals surface area contributed by atoms with E-state index in [0.717, 1.165) is 16.7 Å². The third-order valence-corrected chi connectivity index (χ3v) is 12.3. The Morgan fingerprint density at radius 2 is 1.49 bits per heavy atom. The minimum atomic E-state index is -1.75. The summed E-state index contributed by atoms with van der Waals surface area (Å²) < 4.78 is 53.1. The molecule has 13 nitrogen and oxygen atoms in total. The highest BCUT2D eigenvalue weighted by Crippen LogP contribution is 2.50. The SMILES string of the molecule is COCCO[C@@H]1[C@H](OP(OCCC#N)N(C(C)C)C(C)C)[C@@H](COC(c2ccccc2)(c2ccc(OC)cc2)c2ccc(OC)cc2)O[C@H]1N1CCC(=O)NC1=S. The Labute approximate surface area is 343 Å². The molecule has 0 bridgehead atoms. The van der Waals surface area contributed by atoms with Crippen molar-refractivity contribution in [2.45, 2.75) is 82.8 Å². The van der Waals surface area contributed by atoms with Crippen molar-refractivity contribution in [3.8, 4) is 17.6 Å². The van der Waals surface area contributed by atoms with Gasteiger partial charge < -0.3 is 47.7 Å². The van der Waals surface area contributed by atoms with Crippen LogP contribution in [0.15, 0.2) is 78.9 Å². The summed E-state index contributed by atoms with van der Waals surface area (Å²) in [6.07, 6.45) is -2.57. The molecule has 1 amide bonds. The maximum absolute atomic E-state index is 12.4. The minimum Gasteiger partial charge on any atom is -0.497 e. The predicted molar refractivity (Wildman–Crippen MR) is 221 cm³/mol. The molecule has 5 rings (SSSR count). The molecular formula is C42H55N4O9PS. The fourth-order valence-corrected chi connectivity index (χ4v) is 9.24. The van der Waals surface area contributed by atoms with Crippen LogP contribution in [0.1, 0.15) is 57.2 Å². The van der Waals surface area contributed by atoms with Crippen LogP contribution in [0.4, 0.5) is 0 Å². The monoisotopic (exact) mass is 822 g/mol. The number of hydrogen-bond donors (Lipinski definition) is 1. The van der Waals surface area contributed by atoms with Crippen LogP contribution in [0, 0.1) is 11.3 Å². The smallest absolute Gasteiger partial charge is 0.259 e. The zero-order valence-corrected chi connectivity index (χ0v) is 35.5. The van der Waals surface area contributed by atoms with E-state index in [0.29, 0.717) is 24.7 Å². The Hall–Kier alpha value is -3.74. The molecule has 1 N–H and O–H groups in total. The van der Waals surface area contributed by atoms with E-state index in [-0.39, 0.29) is 55.8 Å². The van der Waals surface area contributed by atoms with E-state index in [1.54, 1.807) is 21.3 Å². The number of carbonyl (C=O) groups excluding carboxylic acids is 1. The molecule has 0 radical (unpaired) electrons. The molecule has 2 fully saturated rings. The highest BCUT2D eigenvalue weighted by molar-refractivity contribution is 7.80. The highest BCUT2D eigenvalue weighted by Gasteiger charge is 2.53. The van der Waals surface area contributed by atoms with E-state index in [9.17, 15) is 10.1 Å². The van der Waals surface area contributed by atoms with Crippen molar-refractivity contribution in [2.75, 3.05) is 54.3 Å². The molecular weight excluding hydrogens is 768 g/mol. The van der Waals surface area contributed by atoms with Gasteiger partial charge >= 0.3 is 0 Å². The van der Waals surface area contributed by atoms with Gasteiger partial charge in [-0.25, -0.2) is 4.67 Å².